The summed E-state index contributed by atoms with van der Waals surface area (Å²) in [7, 11) is 0. The van der Waals surface area contributed by atoms with Crippen molar-refractivity contribution in [3.05, 3.63) is 0 Å². The van der Waals surface area contributed by atoms with Crippen LogP contribution in [0.1, 0.15) is 26.7 Å². The molecular weight excluding hydrogens is 216 g/mol. The zero-order valence-corrected chi connectivity index (χ0v) is 10.5. The highest BCUT2D eigenvalue weighted by atomic mass is 35.5. The van der Waals surface area contributed by atoms with Crippen LogP contribution in [0.3, 0.4) is 0 Å². The molecule has 0 aromatic heterocycles. The molecule has 94 valence electrons. The lowest BCUT2D eigenvalue weighted by molar-refractivity contribution is 0.229. The third kappa shape index (κ3) is 9.08. The van der Waals surface area contributed by atoms with Crippen LogP contribution in [0.15, 0.2) is 0 Å². The van der Waals surface area contributed by atoms with E-state index in [2.05, 4.69) is 10.6 Å². The fraction of sp³-hybridized carbons (Fsp3) is 1.00. The topological polar surface area (TPSA) is 64.5 Å². The van der Waals surface area contributed by atoms with E-state index in [1.54, 1.807) is 0 Å². The quantitative estimate of drug-likeness (QED) is 0.433. The molecule has 0 heterocycles. The Bertz CT molecular complexity index is 106. The van der Waals surface area contributed by atoms with E-state index in [4.69, 9.17) is 10.2 Å². The van der Waals surface area contributed by atoms with Crippen LogP contribution in [-0.4, -0.2) is 48.6 Å². The van der Waals surface area contributed by atoms with Crippen molar-refractivity contribution in [1.82, 2.24) is 10.6 Å². The van der Waals surface area contributed by atoms with Gasteiger partial charge in [0.05, 0.1) is 13.2 Å². The summed E-state index contributed by atoms with van der Waals surface area (Å²) in [5, 5.41) is 24.3. The molecule has 0 saturated heterocycles. The number of rotatable bonds is 9. The van der Waals surface area contributed by atoms with Gasteiger partial charge in [0.1, 0.15) is 0 Å². The minimum atomic E-state index is 0. The molecule has 0 saturated carbocycles. The zero-order valence-electron chi connectivity index (χ0n) is 9.70. The lowest BCUT2D eigenvalue weighted by Gasteiger charge is -2.17. The Morgan fingerprint density at radius 2 is 1.20 bits per heavy atom. The molecular formula is C10H25ClN2O2. The minimum absolute atomic E-state index is 0. The standard InChI is InChI=1S/C10H24N2O2.ClH/c1-3-9(7-13)11-5-6-12-10(4-2)8-14;/h9-14H,3-8H2,1-2H3;1H. The highest BCUT2D eigenvalue weighted by Gasteiger charge is 2.04. The molecule has 0 amide bonds. The van der Waals surface area contributed by atoms with Crippen molar-refractivity contribution in [2.75, 3.05) is 26.3 Å². The molecule has 4 N–H and O–H groups in total. The summed E-state index contributed by atoms with van der Waals surface area (Å²) in [5.74, 6) is 0. The zero-order chi connectivity index (χ0) is 10.8. The first-order chi connectivity index (χ1) is 6.78. The summed E-state index contributed by atoms with van der Waals surface area (Å²) in [6, 6.07) is 0.400. The molecule has 0 aliphatic heterocycles. The molecule has 0 bridgehead atoms. The fourth-order valence-electron chi connectivity index (χ4n) is 1.23. The Hall–Kier alpha value is 0.130. The second-order valence-corrected chi connectivity index (χ2v) is 3.48. The average Bonchev–Trinajstić information content (AvgIpc) is 2.24. The van der Waals surface area contributed by atoms with Gasteiger partial charge in [-0.05, 0) is 12.8 Å². The van der Waals surface area contributed by atoms with Crippen LogP contribution >= 0.6 is 12.4 Å². The summed E-state index contributed by atoms with van der Waals surface area (Å²) >= 11 is 0. The first-order valence-corrected chi connectivity index (χ1v) is 5.46. The van der Waals surface area contributed by atoms with Crippen LogP contribution in [0.25, 0.3) is 0 Å². The van der Waals surface area contributed by atoms with Gasteiger partial charge in [0, 0.05) is 25.2 Å². The Morgan fingerprint density at radius 3 is 1.40 bits per heavy atom. The summed E-state index contributed by atoms with van der Waals surface area (Å²) in [4.78, 5) is 0. The molecule has 0 rings (SSSR count). The molecule has 0 aromatic rings. The average molecular weight is 241 g/mol. The van der Waals surface area contributed by atoms with Gasteiger partial charge in [-0.2, -0.15) is 0 Å². The number of aliphatic hydroxyl groups is 2. The van der Waals surface area contributed by atoms with E-state index in [1.165, 1.54) is 0 Å². The lowest BCUT2D eigenvalue weighted by atomic mass is 10.2. The summed E-state index contributed by atoms with van der Waals surface area (Å²) < 4.78 is 0. The Kier molecular flexibility index (Phi) is 14.3. The molecule has 0 aromatic carbocycles. The molecule has 0 radical (unpaired) electrons. The van der Waals surface area contributed by atoms with Crippen molar-refractivity contribution in [1.29, 1.82) is 0 Å². The maximum absolute atomic E-state index is 8.90. The van der Waals surface area contributed by atoms with Gasteiger partial charge in [-0.15, -0.1) is 12.4 Å². The lowest BCUT2D eigenvalue weighted by Crippen LogP contribution is -2.40. The SMILES string of the molecule is CCC(CO)NCCNC(CC)CO.Cl. The van der Waals surface area contributed by atoms with Gasteiger partial charge < -0.3 is 20.8 Å². The van der Waals surface area contributed by atoms with Gasteiger partial charge in [0.2, 0.25) is 0 Å². The van der Waals surface area contributed by atoms with E-state index >= 15 is 0 Å². The molecule has 0 aliphatic rings. The predicted molar refractivity (Wildman–Crippen MR) is 65.6 cm³/mol. The number of nitrogens with one attached hydrogen (secondary N) is 2. The molecule has 0 spiro atoms. The first-order valence-electron chi connectivity index (χ1n) is 5.46. The second-order valence-electron chi connectivity index (χ2n) is 3.48. The summed E-state index contributed by atoms with van der Waals surface area (Å²) in [6.07, 6.45) is 1.88. The third-order valence-corrected chi connectivity index (χ3v) is 2.42. The van der Waals surface area contributed by atoms with Crippen molar-refractivity contribution < 1.29 is 10.2 Å². The van der Waals surface area contributed by atoms with Gasteiger partial charge >= 0.3 is 0 Å². The predicted octanol–water partition coefficient (Wildman–Crippen LogP) is 0.129. The Morgan fingerprint density at radius 1 is 0.867 bits per heavy atom. The van der Waals surface area contributed by atoms with Gasteiger partial charge in [-0.25, -0.2) is 0 Å². The molecule has 2 unspecified atom stereocenters. The molecule has 4 nitrogen and oxygen atoms in total. The normalized spacial score (nSPS) is 14.4. The number of hydrogen-bond donors (Lipinski definition) is 4. The van der Waals surface area contributed by atoms with E-state index in [9.17, 15) is 0 Å². The second kappa shape index (κ2) is 12.2. The molecule has 2 atom stereocenters. The highest BCUT2D eigenvalue weighted by molar-refractivity contribution is 5.85. The van der Waals surface area contributed by atoms with Crippen molar-refractivity contribution in [2.45, 2.75) is 38.8 Å². The van der Waals surface area contributed by atoms with Gasteiger partial charge in [0.15, 0.2) is 0 Å². The maximum Gasteiger partial charge on any atom is 0.0584 e. The highest BCUT2D eigenvalue weighted by Crippen LogP contribution is 1.89. The van der Waals surface area contributed by atoms with Crippen LogP contribution in [0.2, 0.25) is 0 Å². The number of aliphatic hydroxyl groups excluding tert-OH is 2. The van der Waals surface area contributed by atoms with Gasteiger partial charge in [-0.1, -0.05) is 13.8 Å². The molecule has 5 heteroatoms. The Balaban J connectivity index is 0. The maximum atomic E-state index is 8.90. The number of halogens is 1. The number of hydrogen-bond acceptors (Lipinski definition) is 4. The van der Waals surface area contributed by atoms with Crippen LogP contribution in [0.5, 0.6) is 0 Å². The van der Waals surface area contributed by atoms with Crippen LogP contribution in [0.4, 0.5) is 0 Å². The van der Waals surface area contributed by atoms with Crippen LogP contribution in [-0.2, 0) is 0 Å². The van der Waals surface area contributed by atoms with E-state index in [0.29, 0.717) is 0 Å². The van der Waals surface area contributed by atoms with Crippen molar-refractivity contribution >= 4 is 12.4 Å². The van der Waals surface area contributed by atoms with Gasteiger partial charge in [-0.3, -0.25) is 0 Å². The Labute approximate surface area is 98.9 Å². The van der Waals surface area contributed by atoms with Crippen molar-refractivity contribution in [3.8, 4) is 0 Å². The van der Waals surface area contributed by atoms with E-state index in [0.717, 1.165) is 25.9 Å². The van der Waals surface area contributed by atoms with E-state index in [-0.39, 0.29) is 37.7 Å². The smallest absolute Gasteiger partial charge is 0.0584 e. The molecule has 0 fully saturated rings. The first kappa shape index (κ1) is 17.5. The van der Waals surface area contributed by atoms with Crippen LogP contribution < -0.4 is 10.6 Å². The summed E-state index contributed by atoms with van der Waals surface area (Å²) in [5.41, 5.74) is 0. The minimum Gasteiger partial charge on any atom is -0.395 e. The fourth-order valence-corrected chi connectivity index (χ4v) is 1.23. The largest absolute Gasteiger partial charge is 0.395 e. The van der Waals surface area contributed by atoms with Crippen molar-refractivity contribution in [3.63, 3.8) is 0 Å². The molecule has 0 aliphatic carbocycles. The van der Waals surface area contributed by atoms with E-state index in [1.807, 2.05) is 13.8 Å². The van der Waals surface area contributed by atoms with Crippen LogP contribution in [0, 0.1) is 0 Å². The summed E-state index contributed by atoms with van der Waals surface area (Å²) in [6.45, 7) is 6.13. The molecule has 15 heavy (non-hydrogen) atoms. The van der Waals surface area contributed by atoms with Crippen molar-refractivity contribution in [2.24, 2.45) is 0 Å². The van der Waals surface area contributed by atoms with Gasteiger partial charge in [0.25, 0.3) is 0 Å². The monoisotopic (exact) mass is 240 g/mol. The van der Waals surface area contributed by atoms with E-state index < -0.39 is 0 Å². The third-order valence-electron chi connectivity index (χ3n) is 2.42.